The van der Waals surface area contributed by atoms with Gasteiger partial charge < -0.3 is 0 Å². The molecule has 2 nitrogen and oxygen atoms in total. The molecule has 1 aromatic rings. The molecule has 0 aromatic heterocycles. The van der Waals surface area contributed by atoms with E-state index in [1.54, 1.807) is 0 Å². The van der Waals surface area contributed by atoms with Gasteiger partial charge in [-0.3, -0.25) is 0 Å². The van der Waals surface area contributed by atoms with E-state index in [-0.39, 0.29) is 17.3 Å². The summed E-state index contributed by atoms with van der Waals surface area (Å²) in [6.07, 6.45) is 3.85. The zero-order valence-corrected chi connectivity index (χ0v) is 16.7. The Bertz CT molecular complexity index is 906. The van der Waals surface area contributed by atoms with Crippen LogP contribution in [0.15, 0.2) is 24.4 Å². The number of benzene rings is 1. The maximum atomic E-state index is 15.1. The van der Waals surface area contributed by atoms with Gasteiger partial charge in [-0.1, -0.05) is 0 Å². The molecule has 2 atom stereocenters. The molecular formula is C20H19ClF2N2V. The minimum atomic E-state index is -0.864. The van der Waals surface area contributed by atoms with Crippen molar-refractivity contribution in [3.8, 4) is 0 Å². The molecule has 0 amide bonds. The second kappa shape index (κ2) is 5.46. The molecule has 2 saturated carbocycles. The van der Waals surface area contributed by atoms with Gasteiger partial charge in [-0.15, -0.1) is 0 Å². The molecule has 0 radical (unpaired) electrons. The number of allylic oxidation sites excluding steroid dienone is 2. The summed E-state index contributed by atoms with van der Waals surface area (Å²) in [4.78, 5) is 3.94. The standard InChI is InChI=1S/C20H19ClF2N2.V/c1-11-9-25(16-8-14(16)22)18-13(12(11)2)7-15(23)19(17(18)21)24-6-5-20(10-24)3-4-20;/h7,9,14,16H,2-4,6,8,10H2,1H3;/t14-,16?;/m0./s1. The van der Waals surface area contributed by atoms with Gasteiger partial charge in [0, 0.05) is 0 Å². The third-order valence-electron chi connectivity index (χ3n) is 6.21. The van der Waals surface area contributed by atoms with Crippen molar-refractivity contribution in [2.75, 3.05) is 22.9 Å². The number of fused-ring (bicyclic) bond motifs is 1. The molecule has 26 heavy (non-hydrogen) atoms. The number of hydrogen-bond donors (Lipinski definition) is 0. The molecule has 2 aliphatic heterocycles. The summed E-state index contributed by atoms with van der Waals surface area (Å²) >= 11 is 9.44. The van der Waals surface area contributed by atoms with Gasteiger partial charge in [-0.2, -0.15) is 0 Å². The van der Waals surface area contributed by atoms with Crippen LogP contribution in [0.3, 0.4) is 0 Å². The molecule has 0 N–H and O–H groups in total. The van der Waals surface area contributed by atoms with Gasteiger partial charge in [0.1, 0.15) is 0 Å². The van der Waals surface area contributed by atoms with E-state index in [1.165, 1.54) is 10.3 Å². The zero-order valence-electron chi connectivity index (χ0n) is 14.5. The third kappa shape index (κ3) is 2.31. The van der Waals surface area contributed by atoms with E-state index in [2.05, 4.69) is 23.6 Å². The minimum absolute atomic E-state index is 0.217. The number of nitrogens with zero attached hydrogens (tertiary/aromatic N) is 2. The third-order valence-corrected chi connectivity index (χ3v) is 7.53. The molecule has 1 unspecified atom stereocenters. The molecule has 2 aliphatic carbocycles. The molecule has 1 spiro atoms. The van der Waals surface area contributed by atoms with Gasteiger partial charge in [0.2, 0.25) is 0 Å². The van der Waals surface area contributed by atoms with E-state index in [1.807, 2.05) is 22.9 Å². The summed E-state index contributed by atoms with van der Waals surface area (Å²) in [6.45, 7) is 7.52. The predicted molar refractivity (Wildman–Crippen MR) is 98.9 cm³/mol. The Labute approximate surface area is 166 Å². The van der Waals surface area contributed by atoms with Crippen molar-refractivity contribution in [3.63, 3.8) is 0 Å². The molecule has 135 valence electrons. The topological polar surface area (TPSA) is 6.48 Å². The Morgan fingerprint density at radius 2 is 2.04 bits per heavy atom. The Kier molecular flexibility index (Phi) is 3.58. The van der Waals surface area contributed by atoms with Gasteiger partial charge >= 0.3 is 166 Å². The first-order valence-corrected chi connectivity index (χ1v) is 10.0. The van der Waals surface area contributed by atoms with E-state index < -0.39 is 6.17 Å². The molecule has 2 heterocycles. The predicted octanol–water partition coefficient (Wildman–Crippen LogP) is 4.65. The number of anilines is 2. The molecule has 4 aliphatic rings. The summed E-state index contributed by atoms with van der Waals surface area (Å²) in [5.74, 6) is -0.324. The number of rotatable bonds is 2. The van der Waals surface area contributed by atoms with Crippen molar-refractivity contribution in [1.82, 2.24) is 0 Å². The normalized spacial score (nSPS) is 28.5. The van der Waals surface area contributed by atoms with Gasteiger partial charge in [-0.25, -0.2) is 0 Å². The molecule has 5 rings (SSSR count). The summed E-state index contributed by atoms with van der Waals surface area (Å²) < 4.78 is 30.3. The first kappa shape index (κ1) is 17.0. The van der Waals surface area contributed by atoms with Crippen molar-refractivity contribution < 1.29 is 25.8 Å². The van der Waals surface area contributed by atoms with Crippen LogP contribution in [0.25, 0.3) is 5.57 Å². The van der Waals surface area contributed by atoms with Crippen LogP contribution in [0.1, 0.15) is 31.7 Å². The molecule has 6 heteroatoms. The van der Waals surface area contributed by atoms with Crippen LogP contribution in [0, 0.1) is 11.2 Å². The second-order valence-electron chi connectivity index (χ2n) is 8.02. The second-order valence-corrected chi connectivity index (χ2v) is 9.24. The van der Waals surface area contributed by atoms with Crippen LogP contribution in [-0.4, -0.2) is 29.5 Å². The van der Waals surface area contributed by atoms with Gasteiger partial charge in [0.15, 0.2) is 0 Å². The van der Waals surface area contributed by atoms with Gasteiger partial charge in [0.25, 0.3) is 0 Å². The molecule has 3 fully saturated rings. The molecule has 0 bridgehead atoms. The van der Waals surface area contributed by atoms with Crippen LogP contribution in [0.5, 0.6) is 0 Å². The fourth-order valence-electron chi connectivity index (χ4n) is 4.25. The van der Waals surface area contributed by atoms with E-state index in [9.17, 15) is 4.39 Å². The summed E-state index contributed by atoms with van der Waals surface area (Å²) in [7, 11) is 0. The Balaban J connectivity index is 1.64. The fourth-order valence-corrected chi connectivity index (χ4v) is 5.39. The van der Waals surface area contributed by atoms with Crippen molar-refractivity contribution in [3.05, 3.63) is 40.8 Å². The molecule has 1 aromatic carbocycles. The Morgan fingerprint density at radius 3 is 2.62 bits per heavy atom. The van der Waals surface area contributed by atoms with Crippen molar-refractivity contribution in [1.29, 1.82) is 0 Å². The number of hydrogen-bond acceptors (Lipinski definition) is 2. The Hall–Kier alpha value is -1.10. The van der Waals surface area contributed by atoms with E-state index in [0.717, 1.165) is 30.5 Å². The van der Waals surface area contributed by atoms with Crippen LogP contribution in [0.2, 0.25) is 5.02 Å². The van der Waals surface area contributed by atoms with Crippen LogP contribution in [-0.2, 0) is 17.0 Å². The summed E-state index contributed by atoms with van der Waals surface area (Å²) in [6, 6.07) is 1.31. The van der Waals surface area contributed by atoms with E-state index >= 15 is 4.39 Å². The average Bonchev–Trinajstić information content (AvgIpc) is 3.47. The van der Waals surface area contributed by atoms with Gasteiger partial charge in [-0.05, 0) is 0 Å². The summed E-state index contributed by atoms with van der Waals surface area (Å²) in [5, 5.41) is 0.377. The van der Waals surface area contributed by atoms with E-state index in [0.29, 0.717) is 34.9 Å². The fraction of sp³-hybridized carbons (Fsp3) is 0.450. The summed E-state index contributed by atoms with van der Waals surface area (Å²) in [5.41, 5.74) is 3.71. The van der Waals surface area contributed by atoms with Gasteiger partial charge in [0.05, 0.1) is 0 Å². The SMILES string of the molecule is C=C1C(C)=CN(C2C[C@@H]2F)c2c1cc(F)c(N1C[C](=[V])C3(CC3)C1)c2Cl. The van der Waals surface area contributed by atoms with Crippen molar-refractivity contribution >= 4 is 32.8 Å². The first-order chi connectivity index (χ1) is 12.3. The quantitative estimate of drug-likeness (QED) is 0.699. The zero-order chi connectivity index (χ0) is 18.4. The van der Waals surface area contributed by atoms with Crippen molar-refractivity contribution in [2.24, 2.45) is 5.41 Å². The van der Waals surface area contributed by atoms with Crippen LogP contribution < -0.4 is 9.80 Å². The monoisotopic (exact) mass is 411 g/mol. The maximum absolute atomic E-state index is 15.1. The first-order valence-electron chi connectivity index (χ1n) is 8.95. The Morgan fingerprint density at radius 1 is 1.35 bits per heavy atom. The van der Waals surface area contributed by atoms with Crippen LogP contribution >= 0.6 is 11.6 Å². The van der Waals surface area contributed by atoms with E-state index in [4.69, 9.17) is 11.6 Å². The molecular weight excluding hydrogens is 393 g/mol. The average molecular weight is 412 g/mol. The number of alkyl halides is 1. The number of halogens is 3. The molecule has 1 saturated heterocycles. The van der Waals surface area contributed by atoms with Crippen molar-refractivity contribution in [2.45, 2.75) is 38.4 Å². The van der Waals surface area contributed by atoms with Crippen LogP contribution in [0.4, 0.5) is 20.2 Å².